The highest BCUT2D eigenvalue weighted by Gasteiger charge is 2.44. The third kappa shape index (κ3) is 5.45. The predicted octanol–water partition coefficient (Wildman–Crippen LogP) is 2.66. The van der Waals surface area contributed by atoms with Crippen molar-refractivity contribution in [1.29, 1.82) is 0 Å². The van der Waals surface area contributed by atoms with Crippen molar-refractivity contribution >= 4 is 16.9 Å². The molecule has 0 saturated carbocycles. The van der Waals surface area contributed by atoms with Crippen molar-refractivity contribution in [2.45, 2.75) is 89.6 Å². The lowest BCUT2D eigenvalue weighted by Gasteiger charge is -2.40. The first-order valence-corrected chi connectivity index (χ1v) is 10.5. The molecule has 0 spiro atoms. The highest BCUT2D eigenvalue weighted by atomic mass is 32.2. The number of piperidine rings is 1. The molecule has 4 atom stereocenters. The van der Waals surface area contributed by atoms with Crippen molar-refractivity contribution in [3.05, 3.63) is 0 Å². The lowest BCUT2D eigenvalue weighted by Crippen LogP contribution is -2.53. The summed E-state index contributed by atoms with van der Waals surface area (Å²) in [6, 6.07) is 1.42. The number of fused-ring (bicyclic) bond motifs is 2. The van der Waals surface area contributed by atoms with E-state index in [0.29, 0.717) is 24.2 Å². The molecule has 0 aliphatic carbocycles. The molecule has 2 heterocycles. The van der Waals surface area contributed by atoms with Gasteiger partial charge in [0.2, 0.25) is 0 Å². The topological polar surface area (TPSA) is 58.6 Å². The van der Waals surface area contributed by atoms with Gasteiger partial charge in [-0.3, -0.25) is 4.21 Å². The van der Waals surface area contributed by atoms with E-state index >= 15 is 0 Å². The molecular weight excluding hydrogens is 312 g/mol. The van der Waals surface area contributed by atoms with Gasteiger partial charge in [-0.15, -0.1) is 0 Å². The van der Waals surface area contributed by atoms with E-state index in [1.807, 2.05) is 25.7 Å². The van der Waals surface area contributed by atoms with Crippen LogP contribution in [-0.2, 0) is 15.5 Å². The van der Waals surface area contributed by atoms with E-state index in [1.54, 1.807) is 6.26 Å². The maximum absolute atomic E-state index is 12.4. The van der Waals surface area contributed by atoms with Crippen LogP contribution < -0.4 is 5.32 Å². The number of hydrogen-bond acceptors (Lipinski definition) is 4. The van der Waals surface area contributed by atoms with Crippen LogP contribution in [0.1, 0.15) is 59.8 Å². The highest BCUT2D eigenvalue weighted by molar-refractivity contribution is 7.84. The van der Waals surface area contributed by atoms with Crippen LogP contribution in [0.25, 0.3) is 0 Å². The number of carbonyl (C=O) groups is 1. The van der Waals surface area contributed by atoms with Gasteiger partial charge in [0.15, 0.2) is 0 Å². The van der Waals surface area contributed by atoms with Gasteiger partial charge >= 0.3 is 6.09 Å². The minimum atomic E-state index is -0.726. The summed E-state index contributed by atoms with van der Waals surface area (Å²) in [6.45, 7) is 7.91. The normalized spacial score (nSPS) is 30.1. The lowest BCUT2D eigenvalue weighted by molar-refractivity contribution is 0.00436. The molecule has 0 radical (unpaired) electrons. The summed E-state index contributed by atoms with van der Waals surface area (Å²) in [7, 11) is -0.726. The maximum atomic E-state index is 12.4. The van der Waals surface area contributed by atoms with Crippen LogP contribution in [0.2, 0.25) is 0 Å². The fourth-order valence-electron chi connectivity index (χ4n) is 3.75. The number of amides is 1. The zero-order chi connectivity index (χ0) is 17.2. The van der Waals surface area contributed by atoms with E-state index < -0.39 is 16.4 Å². The Balaban J connectivity index is 1.86. The van der Waals surface area contributed by atoms with Crippen LogP contribution in [0.5, 0.6) is 0 Å². The Morgan fingerprint density at radius 3 is 2.35 bits per heavy atom. The van der Waals surface area contributed by atoms with Gasteiger partial charge in [0, 0.05) is 47.0 Å². The number of nitrogens with zero attached hydrogens (tertiary/aromatic N) is 1. The molecule has 2 bridgehead atoms. The Morgan fingerprint density at radius 2 is 1.87 bits per heavy atom. The fraction of sp³-hybridized carbons (Fsp3) is 0.941. The summed E-state index contributed by atoms with van der Waals surface area (Å²) in [5.74, 6) is 0.748. The second-order valence-corrected chi connectivity index (χ2v) is 9.63. The van der Waals surface area contributed by atoms with Gasteiger partial charge in [0.1, 0.15) is 5.60 Å². The van der Waals surface area contributed by atoms with Crippen LogP contribution in [0.3, 0.4) is 0 Å². The average molecular weight is 345 g/mol. The molecule has 23 heavy (non-hydrogen) atoms. The molecule has 0 aromatic carbocycles. The van der Waals surface area contributed by atoms with E-state index in [1.165, 1.54) is 0 Å². The molecule has 0 aromatic rings. The second-order valence-electron chi connectivity index (χ2n) is 8.07. The third-order valence-corrected chi connectivity index (χ3v) is 5.51. The van der Waals surface area contributed by atoms with Crippen molar-refractivity contribution in [2.75, 3.05) is 12.0 Å². The molecule has 1 N–H and O–H groups in total. The van der Waals surface area contributed by atoms with Crippen LogP contribution in [0, 0.1) is 0 Å². The van der Waals surface area contributed by atoms with E-state index in [-0.39, 0.29) is 6.09 Å². The lowest BCUT2D eigenvalue weighted by atomic mass is 9.97. The average Bonchev–Trinajstić information content (AvgIpc) is 2.67. The molecule has 5 nitrogen and oxygen atoms in total. The number of rotatable bonds is 5. The van der Waals surface area contributed by atoms with Crippen LogP contribution in [0.15, 0.2) is 0 Å². The molecule has 2 aliphatic rings. The molecule has 6 heteroatoms. The van der Waals surface area contributed by atoms with Crippen molar-refractivity contribution in [3.8, 4) is 0 Å². The summed E-state index contributed by atoms with van der Waals surface area (Å²) < 4.78 is 16.8. The molecule has 2 fully saturated rings. The minimum Gasteiger partial charge on any atom is -0.444 e. The van der Waals surface area contributed by atoms with Crippen molar-refractivity contribution in [3.63, 3.8) is 0 Å². The molecular formula is C17H32N2O3S. The monoisotopic (exact) mass is 344 g/mol. The Morgan fingerprint density at radius 1 is 1.30 bits per heavy atom. The maximum Gasteiger partial charge on any atom is 0.410 e. The summed E-state index contributed by atoms with van der Waals surface area (Å²) in [5, 5.41) is 3.67. The Kier molecular flexibility index (Phi) is 6.11. The summed E-state index contributed by atoms with van der Waals surface area (Å²) in [5.41, 5.74) is -0.435. The van der Waals surface area contributed by atoms with Crippen molar-refractivity contribution < 1.29 is 13.7 Å². The van der Waals surface area contributed by atoms with Crippen LogP contribution >= 0.6 is 0 Å². The van der Waals surface area contributed by atoms with E-state index in [9.17, 15) is 9.00 Å². The molecule has 0 aromatic heterocycles. The van der Waals surface area contributed by atoms with Gasteiger partial charge in [-0.25, -0.2) is 4.79 Å². The minimum absolute atomic E-state index is 0.155. The number of ether oxygens (including phenoxy) is 1. The third-order valence-electron chi connectivity index (χ3n) is 4.70. The van der Waals surface area contributed by atoms with Gasteiger partial charge in [-0.2, -0.15) is 0 Å². The van der Waals surface area contributed by atoms with Crippen LogP contribution in [-0.4, -0.2) is 57.0 Å². The molecule has 2 saturated heterocycles. The first-order valence-electron chi connectivity index (χ1n) is 8.73. The van der Waals surface area contributed by atoms with Gasteiger partial charge in [-0.05, 0) is 59.8 Å². The number of carbonyl (C=O) groups excluding carboxylic acids is 1. The Bertz CT molecular complexity index is 436. The first-order chi connectivity index (χ1) is 10.7. The highest BCUT2D eigenvalue weighted by Crippen LogP contribution is 2.37. The standard InChI is InChI=1S/C17H32N2O3S/c1-12(8-9-23(5)21)18-13-10-14-6-7-15(11-13)19(14)16(20)22-17(2,3)4/h12-15,18H,6-11H2,1-5H3. The first kappa shape index (κ1) is 18.7. The zero-order valence-electron chi connectivity index (χ0n) is 15.1. The summed E-state index contributed by atoms with van der Waals surface area (Å²) in [4.78, 5) is 14.4. The SMILES string of the molecule is CC(CCS(C)=O)NC1CC2CCC(C1)N2C(=O)OC(C)(C)C. The van der Waals surface area contributed by atoms with Crippen molar-refractivity contribution in [1.82, 2.24) is 10.2 Å². The number of nitrogens with one attached hydrogen (secondary N) is 1. The smallest absolute Gasteiger partial charge is 0.410 e. The van der Waals surface area contributed by atoms with E-state index in [2.05, 4.69) is 12.2 Å². The Labute approximate surface area is 143 Å². The van der Waals surface area contributed by atoms with Crippen molar-refractivity contribution in [2.24, 2.45) is 0 Å². The Hall–Kier alpha value is -0.620. The molecule has 2 aliphatic heterocycles. The van der Waals surface area contributed by atoms with Gasteiger partial charge in [0.05, 0.1) is 0 Å². The predicted molar refractivity (Wildman–Crippen MR) is 94.1 cm³/mol. The summed E-state index contributed by atoms with van der Waals surface area (Å²) >= 11 is 0. The van der Waals surface area contributed by atoms with Crippen LogP contribution in [0.4, 0.5) is 4.79 Å². The molecule has 2 rings (SSSR count). The van der Waals surface area contributed by atoms with Gasteiger partial charge < -0.3 is 15.0 Å². The van der Waals surface area contributed by atoms with E-state index in [4.69, 9.17) is 4.74 Å². The zero-order valence-corrected chi connectivity index (χ0v) is 15.9. The largest absolute Gasteiger partial charge is 0.444 e. The second kappa shape index (κ2) is 7.51. The van der Waals surface area contributed by atoms with Gasteiger partial charge in [-0.1, -0.05) is 0 Å². The summed E-state index contributed by atoms with van der Waals surface area (Å²) in [6.07, 6.45) is 6.69. The molecule has 134 valence electrons. The number of hydrogen-bond donors (Lipinski definition) is 1. The molecule has 4 unspecified atom stereocenters. The van der Waals surface area contributed by atoms with E-state index in [0.717, 1.165) is 37.9 Å². The fourth-order valence-corrected chi connectivity index (χ4v) is 4.44. The quantitative estimate of drug-likeness (QED) is 0.833. The van der Waals surface area contributed by atoms with Gasteiger partial charge in [0.25, 0.3) is 0 Å². The molecule has 1 amide bonds.